The van der Waals surface area contributed by atoms with Crippen LogP contribution in [0.2, 0.25) is 0 Å². The molecule has 5 aromatic carbocycles. The summed E-state index contributed by atoms with van der Waals surface area (Å²) < 4.78 is 0. The Labute approximate surface area is 240 Å². The molecule has 2 aliphatic heterocycles. The smallest absolute Gasteiger partial charge is 0.261 e. The molecule has 5 aromatic rings. The number of fused-ring (bicyclic) bond motifs is 2. The van der Waals surface area contributed by atoms with Crippen molar-refractivity contribution in [3.63, 3.8) is 0 Å². The van der Waals surface area contributed by atoms with Gasteiger partial charge >= 0.3 is 0 Å². The molecule has 204 valence electrons. The number of nitriles is 2. The zero-order chi connectivity index (χ0) is 29.4. The molecule has 7 rings (SSSR count). The molecule has 42 heavy (non-hydrogen) atoms. The monoisotopic (exact) mass is 552 g/mol. The maximum absolute atomic E-state index is 13.7. The molecule has 2 heterocycles. The third-order valence-corrected chi connectivity index (χ3v) is 8.72. The second-order valence-corrected chi connectivity index (χ2v) is 11.0. The van der Waals surface area contributed by atoms with E-state index in [-0.39, 0.29) is 47.2 Å². The summed E-state index contributed by atoms with van der Waals surface area (Å²) in [5.41, 5.74) is 1.79. The number of rotatable bonds is 6. The van der Waals surface area contributed by atoms with E-state index in [1.54, 1.807) is 36.4 Å². The van der Waals surface area contributed by atoms with Crippen LogP contribution in [0.3, 0.4) is 0 Å². The van der Waals surface area contributed by atoms with Crippen molar-refractivity contribution in [2.45, 2.75) is 39.5 Å². The molecule has 2 aliphatic rings. The maximum atomic E-state index is 13.7. The van der Waals surface area contributed by atoms with Crippen LogP contribution in [0.25, 0.3) is 43.1 Å². The summed E-state index contributed by atoms with van der Waals surface area (Å²) in [5, 5.41) is 25.0. The fraction of sp³-hybridized carbons (Fsp3) is 0.235. The lowest BCUT2D eigenvalue weighted by molar-refractivity contribution is 0.0593. The van der Waals surface area contributed by atoms with Crippen LogP contribution in [0.1, 0.15) is 92.1 Å². The molecule has 0 radical (unpaired) electrons. The van der Waals surface area contributed by atoms with E-state index in [0.29, 0.717) is 67.1 Å². The summed E-state index contributed by atoms with van der Waals surface area (Å²) in [6.07, 6.45) is 2.94. The molecule has 0 saturated heterocycles. The zero-order valence-electron chi connectivity index (χ0n) is 23.1. The number of hydrogen-bond acceptors (Lipinski definition) is 6. The van der Waals surface area contributed by atoms with Crippen LogP contribution in [-0.2, 0) is 0 Å². The van der Waals surface area contributed by atoms with Gasteiger partial charge in [-0.25, -0.2) is 0 Å². The van der Waals surface area contributed by atoms with Gasteiger partial charge < -0.3 is 0 Å². The topological polar surface area (TPSA) is 122 Å². The van der Waals surface area contributed by atoms with Crippen molar-refractivity contribution in [2.75, 3.05) is 13.1 Å². The van der Waals surface area contributed by atoms with E-state index in [0.717, 1.165) is 12.8 Å². The quantitative estimate of drug-likeness (QED) is 0.139. The first-order valence-electron chi connectivity index (χ1n) is 14.2. The summed E-state index contributed by atoms with van der Waals surface area (Å²) in [6.45, 7) is 4.53. The fourth-order valence-corrected chi connectivity index (χ4v) is 6.78. The Kier molecular flexibility index (Phi) is 5.54. The second-order valence-electron chi connectivity index (χ2n) is 11.0. The summed E-state index contributed by atoms with van der Waals surface area (Å²) >= 11 is 0. The van der Waals surface area contributed by atoms with E-state index in [4.69, 9.17) is 0 Å². The van der Waals surface area contributed by atoms with Crippen LogP contribution in [0, 0.1) is 22.7 Å². The van der Waals surface area contributed by atoms with Gasteiger partial charge in [-0.05, 0) is 47.9 Å². The van der Waals surface area contributed by atoms with Crippen molar-refractivity contribution in [1.29, 1.82) is 10.5 Å². The van der Waals surface area contributed by atoms with Crippen LogP contribution in [0.15, 0.2) is 36.4 Å². The van der Waals surface area contributed by atoms with Gasteiger partial charge in [0.05, 0.1) is 34.4 Å². The van der Waals surface area contributed by atoms with Crippen molar-refractivity contribution in [2.24, 2.45) is 0 Å². The molecular weight excluding hydrogens is 528 g/mol. The predicted octanol–water partition coefficient (Wildman–Crippen LogP) is 6.27. The molecule has 0 aromatic heterocycles. The molecule has 8 nitrogen and oxygen atoms in total. The van der Waals surface area contributed by atoms with Crippen LogP contribution in [0.5, 0.6) is 0 Å². The molecule has 0 N–H and O–H groups in total. The molecule has 4 amide bonds. The number of carbonyl (C=O) groups excluding carboxylic acids is 4. The lowest BCUT2D eigenvalue weighted by atomic mass is 9.79. The van der Waals surface area contributed by atoms with E-state index in [1.807, 2.05) is 13.8 Å². The number of carbonyl (C=O) groups is 4. The number of nitrogens with zero attached hydrogens (tertiary/aromatic N) is 4. The summed E-state index contributed by atoms with van der Waals surface area (Å²) in [7, 11) is 0. The van der Waals surface area contributed by atoms with Crippen LogP contribution in [-0.4, -0.2) is 46.5 Å². The van der Waals surface area contributed by atoms with Gasteiger partial charge in [0.25, 0.3) is 23.6 Å². The minimum absolute atomic E-state index is 0.247. The van der Waals surface area contributed by atoms with Gasteiger partial charge in [-0.2, -0.15) is 10.5 Å². The Morgan fingerprint density at radius 1 is 0.548 bits per heavy atom. The largest absolute Gasteiger partial charge is 0.274 e. The first-order valence-corrected chi connectivity index (χ1v) is 14.2. The summed E-state index contributed by atoms with van der Waals surface area (Å²) in [5.74, 6) is -1.66. The lowest BCUT2D eigenvalue weighted by Gasteiger charge is -2.30. The van der Waals surface area contributed by atoms with E-state index >= 15 is 0 Å². The van der Waals surface area contributed by atoms with Gasteiger partial charge in [-0.15, -0.1) is 0 Å². The van der Waals surface area contributed by atoms with Crippen molar-refractivity contribution < 1.29 is 19.2 Å². The van der Waals surface area contributed by atoms with Gasteiger partial charge in [-0.1, -0.05) is 38.8 Å². The Balaban J connectivity index is 1.66. The van der Waals surface area contributed by atoms with E-state index < -0.39 is 11.8 Å². The predicted molar refractivity (Wildman–Crippen MR) is 158 cm³/mol. The van der Waals surface area contributed by atoms with Crippen LogP contribution in [0.4, 0.5) is 0 Å². The highest BCUT2D eigenvalue weighted by atomic mass is 16.2. The average molecular weight is 553 g/mol. The minimum Gasteiger partial charge on any atom is -0.274 e. The van der Waals surface area contributed by atoms with E-state index in [1.165, 1.54) is 9.80 Å². The number of hydrogen-bond donors (Lipinski definition) is 0. The molecule has 8 heteroatoms. The molecule has 0 spiro atoms. The van der Waals surface area contributed by atoms with Gasteiger partial charge in [0, 0.05) is 56.5 Å². The number of unbranched alkanes of at least 4 members (excludes halogenated alkanes) is 2. The third-order valence-electron chi connectivity index (χ3n) is 8.72. The van der Waals surface area contributed by atoms with Gasteiger partial charge in [0.2, 0.25) is 0 Å². The first kappa shape index (κ1) is 25.6. The third kappa shape index (κ3) is 3.09. The molecule has 0 fully saturated rings. The fourth-order valence-electron chi connectivity index (χ4n) is 6.78. The standard InChI is InChI=1S/C34H24N4O4/c1-3-5-11-37-31(39)21-9-7-19-26-18(16-36)14-24-28-22(32(40)38(34(24)42)12-6-4-2)10-8-20(30(26)28)25-17(15-35)13-23(33(37)41)27(21)29(19)25/h7-10,13-14H,3-6,11-12H2,1-2H3. The Bertz CT molecular complexity index is 2030. The Morgan fingerprint density at radius 3 is 1.29 bits per heavy atom. The number of benzene rings is 5. The Morgan fingerprint density at radius 2 is 0.929 bits per heavy atom. The lowest BCUT2D eigenvalue weighted by Crippen LogP contribution is -2.41. The molecular formula is C34H24N4O4. The van der Waals surface area contributed by atoms with Crippen molar-refractivity contribution in [3.05, 3.63) is 69.8 Å². The van der Waals surface area contributed by atoms with Crippen molar-refractivity contribution in [3.8, 4) is 12.1 Å². The molecule has 0 atom stereocenters. The molecule has 0 bridgehead atoms. The summed E-state index contributed by atoms with van der Waals surface area (Å²) in [6, 6.07) is 14.5. The second kappa shape index (κ2) is 9.09. The van der Waals surface area contributed by atoms with Gasteiger partial charge in [-0.3, -0.25) is 29.0 Å². The minimum atomic E-state index is -0.443. The van der Waals surface area contributed by atoms with Crippen molar-refractivity contribution in [1.82, 2.24) is 9.80 Å². The van der Waals surface area contributed by atoms with Gasteiger partial charge in [0.15, 0.2) is 0 Å². The Hall–Kier alpha value is -5.34. The van der Waals surface area contributed by atoms with E-state index in [9.17, 15) is 29.7 Å². The number of imide groups is 2. The van der Waals surface area contributed by atoms with E-state index in [2.05, 4.69) is 12.1 Å². The average Bonchev–Trinajstić information content (AvgIpc) is 3.01. The molecule has 0 saturated carbocycles. The highest BCUT2D eigenvalue weighted by molar-refractivity contribution is 6.42. The SMILES string of the molecule is CCCCN1C(=O)c2ccc3c4c(C#N)cc5c6c(ccc(c7c(C#N)cc(c2c37)C1=O)c64)C(=O)N(CCCC)C5=O. The van der Waals surface area contributed by atoms with Gasteiger partial charge in [0.1, 0.15) is 0 Å². The zero-order valence-corrected chi connectivity index (χ0v) is 23.1. The van der Waals surface area contributed by atoms with Crippen LogP contribution >= 0.6 is 0 Å². The highest BCUT2D eigenvalue weighted by Gasteiger charge is 2.38. The van der Waals surface area contributed by atoms with Crippen LogP contribution < -0.4 is 0 Å². The summed E-state index contributed by atoms with van der Waals surface area (Å²) in [4.78, 5) is 57.0. The normalized spacial score (nSPS) is 14.6. The highest BCUT2D eigenvalue weighted by Crippen LogP contribution is 2.48. The number of amides is 4. The first-order chi connectivity index (χ1) is 20.4. The van der Waals surface area contributed by atoms with Crippen molar-refractivity contribution >= 4 is 66.7 Å². The molecule has 0 aliphatic carbocycles. The maximum Gasteiger partial charge on any atom is 0.261 e. The molecule has 0 unspecified atom stereocenters.